The maximum absolute atomic E-state index is 12.3. The van der Waals surface area contributed by atoms with Crippen molar-refractivity contribution >= 4 is 33.3 Å². The second kappa shape index (κ2) is 5.13. The number of aromatic nitrogens is 2. The number of alkyl halides is 1. The normalized spacial score (nSPS) is 19.1. The molecule has 1 aliphatic rings. The Kier molecular flexibility index (Phi) is 3.52. The molecule has 2 aromatic heterocycles. The minimum Gasteiger partial charge on any atom is -0.250 e. The van der Waals surface area contributed by atoms with Crippen LogP contribution in [0.3, 0.4) is 0 Å². The van der Waals surface area contributed by atoms with Crippen LogP contribution >= 0.6 is 23.1 Å². The van der Waals surface area contributed by atoms with Crippen molar-refractivity contribution < 1.29 is 4.39 Å². The third-order valence-electron chi connectivity index (χ3n) is 3.37. The van der Waals surface area contributed by atoms with Gasteiger partial charge in [0.2, 0.25) is 0 Å². The first-order chi connectivity index (χ1) is 8.79. The van der Waals surface area contributed by atoms with Crippen LogP contribution in [0.4, 0.5) is 4.39 Å². The molecule has 2 aromatic rings. The van der Waals surface area contributed by atoms with Crippen LogP contribution in [0, 0.1) is 5.92 Å². The zero-order valence-electron chi connectivity index (χ0n) is 10.3. The van der Waals surface area contributed by atoms with Gasteiger partial charge in [-0.3, -0.25) is 4.39 Å². The van der Waals surface area contributed by atoms with Crippen LogP contribution < -0.4 is 0 Å². The van der Waals surface area contributed by atoms with Crippen LogP contribution in [0.15, 0.2) is 11.4 Å². The number of hydrogen-bond donors (Lipinski definition) is 0. The molecule has 1 atom stereocenters. The summed E-state index contributed by atoms with van der Waals surface area (Å²) in [6.07, 6.45) is 5.12. The van der Waals surface area contributed by atoms with Gasteiger partial charge in [-0.2, -0.15) is 0 Å². The summed E-state index contributed by atoms with van der Waals surface area (Å²) in [5, 5.41) is 2.16. The number of fused-ring (bicyclic) bond motifs is 3. The summed E-state index contributed by atoms with van der Waals surface area (Å²) in [4.78, 5) is 11.3. The highest BCUT2D eigenvalue weighted by atomic mass is 32.2. The Bertz CT molecular complexity index is 567. The Morgan fingerprint density at radius 2 is 2.39 bits per heavy atom. The fraction of sp³-hybridized carbons (Fsp3) is 0.538. The second-order valence-corrected chi connectivity index (χ2v) is 6.92. The van der Waals surface area contributed by atoms with Gasteiger partial charge in [0, 0.05) is 16.0 Å². The fourth-order valence-corrected chi connectivity index (χ4v) is 4.66. The summed E-state index contributed by atoms with van der Waals surface area (Å²) in [5.74, 6) is 1.24. The van der Waals surface area contributed by atoms with E-state index in [4.69, 9.17) is 0 Å². The smallest absolute Gasteiger partial charge is 0.128 e. The van der Waals surface area contributed by atoms with Crippen LogP contribution in [-0.2, 0) is 12.8 Å². The van der Waals surface area contributed by atoms with Gasteiger partial charge in [-0.15, -0.1) is 23.1 Å². The van der Waals surface area contributed by atoms with Crippen LogP contribution in [0.25, 0.3) is 10.2 Å². The SMILES string of the molecule is CC1CCc2c(sc3ncnc(SCCF)c23)C1. The summed E-state index contributed by atoms with van der Waals surface area (Å²) >= 11 is 3.30. The topological polar surface area (TPSA) is 25.8 Å². The van der Waals surface area contributed by atoms with E-state index in [-0.39, 0.29) is 6.67 Å². The van der Waals surface area contributed by atoms with Crippen LogP contribution in [-0.4, -0.2) is 22.4 Å². The molecule has 5 heteroatoms. The molecule has 0 spiro atoms. The average molecular weight is 282 g/mol. The van der Waals surface area contributed by atoms with Crippen molar-refractivity contribution in [2.24, 2.45) is 5.92 Å². The lowest BCUT2D eigenvalue weighted by Gasteiger charge is -2.18. The van der Waals surface area contributed by atoms with E-state index in [0.717, 1.165) is 28.6 Å². The maximum atomic E-state index is 12.3. The van der Waals surface area contributed by atoms with Gasteiger partial charge in [0.05, 0.1) is 6.67 Å². The molecule has 0 aliphatic heterocycles. The molecule has 0 aromatic carbocycles. The molecule has 0 saturated heterocycles. The Balaban J connectivity index is 2.09. The molecule has 0 amide bonds. The number of hydrogen-bond acceptors (Lipinski definition) is 4. The first-order valence-corrected chi connectivity index (χ1v) is 8.03. The van der Waals surface area contributed by atoms with Crippen molar-refractivity contribution in [2.75, 3.05) is 12.4 Å². The summed E-state index contributed by atoms with van der Waals surface area (Å²) in [6, 6.07) is 0. The van der Waals surface area contributed by atoms with E-state index in [1.165, 1.54) is 34.0 Å². The van der Waals surface area contributed by atoms with E-state index in [2.05, 4.69) is 16.9 Å². The molecule has 0 bridgehead atoms. The van der Waals surface area contributed by atoms with Gasteiger partial charge in [-0.25, -0.2) is 9.97 Å². The number of nitrogens with zero attached hydrogens (tertiary/aromatic N) is 2. The molecular weight excluding hydrogens is 267 g/mol. The lowest BCUT2D eigenvalue weighted by atomic mass is 9.89. The molecule has 0 N–H and O–H groups in total. The van der Waals surface area contributed by atoms with Gasteiger partial charge in [-0.1, -0.05) is 6.92 Å². The van der Waals surface area contributed by atoms with Crippen molar-refractivity contribution in [3.8, 4) is 0 Å². The first kappa shape index (κ1) is 12.4. The summed E-state index contributed by atoms with van der Waals surface area (Å²) in [5.41, 5.74) is 1.43. The predicted octanol–water partition coefficient (Wildman–Crippen LogP) is 3.88. The summed E-state index contributed by atoms with van der Waals surface area (Å²) < 4.78 is 12.3. The molecule has 2 heterocycles. The summed E-state index contributed by atoms with van der Waals surface area (Å²) in [6.45, 7) is 2.00. The zero-order chi connectivity index (χ0) is 12.5. The highest BCUT2D eigenvalue weighted by Gasteiger charge is 2.22. The molecule has 0 saturated carbocycles. The van der Waals surface area contributed by atoms with E-state index in [1.807, 2.05) is 0 Å². The van der Waals surface area contributed by atoms with Crippen LogP contribution in [0.1, 0.15) is 23.8 Å². The van der Waals surface area contributed by atoms with Gasteiger partial charge < -0.3 is 0 Å². The summed E-state index contributed by atoms with van der Waals surface area (Å²) in [7, 11) is 0. The monoisotopic (exact) mass is 282 g/mol. The molecule has 2 nitrogen and oxygen atoms in total. The van der Waals surface area contributed by atoms with E-state index in [1.54, 1.807) is 17.7 Å². The number of rotatable bonds is 3. The molecule has 1 unspecified atom stereocenters. The molecular formula is C13H15FN2S2. The van der Waals surface area contributed by atoms with Crippen molar-refractivity contribution in [2.45, 2.75) is 31.2 Å². The Morgan fingerprint density at radius 3 is 3.22 bits per heavy atom. The minimum absolute atomic E-state index is 0.306. The Morgan fingerprint density at radius 1 is 1.50 bits per heavy atom. The second-order valence-electron chi connectivity index (χ2n) is 4.75. The van der Waals surface area contributed by atoms with Gasteiger partial charge in [-0.05, 0) is 30.7 Å². The Hall–Kier alpha value is -0.680. The van der Waals surface area contributed by atoms with E-state index in [0.29, 0.717) is 5.75 Å². The van der Waals surface area contributed by atoms with Gasteiger partial charge in [0.25, 0.3) is 0 Å². The number of thioether (sulfide) groups is 1. The Labute approximate surface area is 114 Å². The number of halogens is 1. The standard InChI is InChI=1S/C13H15FN2S2/c1-8-2-3-9-10(6-8)18-13-11(9)12(15-7-16-13)17-5-4-14/h7-8H,2-6H2,1H3. The number of thiophene rings is 1. The lowest BCUT2D eigenvalue weighted by molar-refractivity contribution is 0.509. The van der Waals surface area contributed by atoms with E-state index >= 15 is 0 Å². The molecule has 0 radical (unpaired) electrons. The average Bonchev–Trinajstić information content (AvgIpc) is 2.73. The third-order valence-corrected chi connectivity index (χ3v) is 5.48. The predicted molar refractivity (Wildman–Crippen MR) is 75.3 cm³/mol. The molecule has 3 rings (SSSR count). The number of aryl methyl sites for hydroxylation is 1. The highest BCUT2D eigenvalue weighted by molar-refractivity contribution is 7.99. The highest BCUT2D eigenvalue weighted by Crippen LogP contribution is 2.40. The fourth-order valence-electron chi connectivity index (χ4n) is 2.49. The van der Waals surface area contributed by atoms with E-state index < -0.39 is 0 Å². The largest absolute Gasteiger partial charge is 0.250 e. The van der Waals surface area contributed by atoms with Crippen LogP contribution in [0.2, 0.25) is 0 Å². The molecule has 18 heavy (non-hydrogen) atoms. The van der Waals surface area contributed by atoms with Crippen molar-refractivity contribution in [3.05, 3.63) is 16.8 Å². The lowest BCUT2D eigenvalue weighted by Crippen LogP contribution is -2.08. The third kappa shape index (κ3) is 2.14. The first-order valence-electron chi connectivity index (χ1n) is 6.23. The van der Waals surface area contributed by atoms with Gasteiger partial charge in [0.15, 0.2) is 0 Å². The molecule has 1 aliphatic carbocycles. The van der Waals surface area contributed by atoms with Gasteiger partial charge in [0.1, 0.15) is 16.2 Å². The quantitative estimate of drug-likeness (QED) is 0.631. The maximum Gasteiger partial charge on any atom is 0.128 e. The van der Waals surface area contributed by atoms with Gasteiger partial charge >= 0.3 is 0 Å². The molecule has 0 fully saturated rings. The van der Waals surface area contributed by atoms with Crippen molar-refractivity contribution in [1.82, 2.24) is 9.97 Å². The zero-order valence-corrected chi connectivity index (χ0v) is 11.9. The van der Waals surface area contributed by atoms with Crippen molar-refractivity contribution in [1.29, 1.82) is 0 Å². The van der Waals surface area contributed by atoms with Crippen LogP contribution in [0.5, 0.6) is 0 Å². The van der Waals surface area contributed by atoms with Crippen molar-refractivity contribution in [3.63, 3.8) is 0 Å². The minimum atomic E-state index is -0.306. The molecule has 96 valence electrons. The van der Waals surface area contributed by atoms with E-state index in [9.17, 15) is 4.39 Å².